The first kappa shape index (κ1) is 12.8. The highest BCUT2D eigenvalue weighted by atomic mass is 19.3. The third-order valence-corrected chi connectivity index (χ3v) is 3.65. The van der Waals surface area contributed by atoms with Gasteiger partial charge in [-0.3, -0.25) is 4.79 Å². The molecule has 0 aliphatic carbocycles. The van der Waals surface area contributed by atoms with Crippen LogP contribution < -0.4 is 10.1 Å². The SMILES string of the molecule is CC(C)C1(C)C(=O)Nc2ccc(OC(F)F)cc21. The van der Waals surface area contributed by atoms with Gasteiger partial charge in [-0.25, -0.2) is 0 Å². The molecule has 0 fully saturated rings. The monoisotopic (exact) mass is 255 g/mol. The molecule has 1 atom stereocenters. The number of amides is 1. The van der Waals surface area contributed by atoms with E-state index in [4.69, 9.17) is 0 Å². The van der Waals surface area contributed by atoms with Crippen LogP contribution in [0.25, 0.3) is 0 Å². The standard InChI is InChI=1S/C13H15F2NO2/c1-7(2)13(3)9-6-8(18-12(14)15)4-5-10(9)16-11(13)17/h4-7,12H,1-3H3,(H,16,17). The van der Waals surface area contributed by atoms with E-state index < -0.39 is 12.0 Å². The van der Waals surface area contributed by atoms with Crippen molar-refractivity contribution >= 4 is 11.6 Å². The average molecular weight is 255 g/mol. The van der Waals surface area contributed by atoms with Gasteiger partial charge in [-0.05, 0) is 36.6 Å². The molecule has 1 N–H and O–H groups in total. The van der Waals surface area contributed by atoms with E-state index in [9.17, 15) is 13.6 Å². The smallest absolute Gasteiger partial charge is 0.387 e. The second kappa shape index (κ2) is 4.23. The number of carbonyl (C=O) groups excluding carboxylic acids is 1. The van der Waals surface area contributed by atoms with Crippen LogP contribution >= 0.6 is 0 Å². The summed E-state index contributed by atoms with van der Waals surface area (Å²) in [6.07, 6.45) is 0. The minimum Gasteiger partial charge on any atom is -0.435 e. The van der Waals surface area contributed by atoms with Crippen molar-refractivity contribution in [2.45, 2.75) is 32.8 Å². The molecule has 2 rings (SSSR count). The topological polar surface area (TPSA) is 38.3 Å². The normalized spacial score (nSPS) is 22.3. The zero-order chi connectivity index (χ0) is 13.5. The molecule has 0 saturated carbocycles. The Morgan fingerprint density at radius 2 is 2.00 bits per heavy atom. The Labute approximate surface area is 104 Å². The van der Waals surface area contributed by atoms with Crippen LogP contribution in [-0.4, -0.2) is 12.5 Å². The molecule has 1 aromatic carbocycles. The van der Waals surface area contributed by atoms with Gasteiger partial charge in [-0.15, -0.1) is 0 Å². The van der Waals surface area contributed by atoms with Crippen molar-refractivity contribution in [2.75, 3.05) is 5.32 Å². The summed E-state index contributed by atoms with van der Waals surface area (Å²) in [6, 6.07) is 4.54. The number of hydrogen-bond donors (Lipinski definition) is 1. The van der Waals surface area contributed by atoms with Gasteiger partial charge in [-0.2, -0.15) is 8.78 Å². The summed E-state index contributed by atoms with van der Waals surface area (Å²) in [5.74, 6) is 0.0226. The Bertz CT molecular complexity index is 488. The Morgan fingerprint density at radius 3 is 2.56 bits per heavy atom. The zero-order valence-corrected chi connectivity index (χ0v) is 10.5. The van der Waals surface area contributed by atoms with Gasteiger partial charge >= 0.3 is 6.61 Å². The predicted molar refractivity (Wildman–Crippen MR) is 63.9 cm³/mol. The quantitative estimate of drug-likeness (QED) is 0.901. The fraction of sp³-hybridized carbons (Fsp3) is 0.462. The van der Waals surface area contributed by atoms with Crippen LogP contribution in [0, 0.1) is 5.92 Å². The number of rotatable bonds is 3. The zero-order valence-electron chi connectivity index (χ0n) is 10.5. The van der Waals surface area contributed by atoms with E-state index in [2.05, 4.69) is 10.1 Å². The highest BCUT2D eigenvalue weighted by Crippen LogP contribution is 2.44. The molecule has 1 amide bonds. The Kier molecular flexibility index (Phi) is 3.00. The molecule has 1 unspecified atom stereocenters. The number of halogens is 2. The van der Waals surface area contributed by atoms with Crippen LogP contribution in [-0.2, 0) is 10.2 Å². The van der Waals surface area contributed by atoms with Crippen molar-refractivity contribution < 1.29 is 18.3 Å². The number of alkyl halides is 2. The molecule has 3 nitrogen and oxygen atoms in total. The van der Waals surface area contributed by atoms with Crippen molar-refractivity contribution in [1.29, 1.82) is 0 Å². The van der Waals surface area contributed by atoms with Crippen LogP contribution in [0.15, 0.2) is 18.2 Å². The largest absolute Gasteiger partial charge is 0.435 e. The molecule has 0 aromatic heterocycles. The lowest BCUT2D eigenvalue weighted by Crippen LogP contribution is -2.36. The summed E-state index contributed by atoms with van der Waals surface area (Å²) < 4.78 is 28.8. The summed E-state index contributed by atoms with van der Waals surface area (Å²) in [7, 11) is 0. The highest BCUT2D eigenvalue weighted by molar-refractivity contribution is 6.06. The van der Waals surface area contributed by atoms with Gasteiger partial charge in [-0.1, -0.05) is 13.8 Å². The Balaban J connectivity index is 2.46. The lowest BCUT2D eigenvalue weighted by Gasteiger charge is -2.26. The molecule has 18 heavy (non-hydrogen) atoms. The van der Waals surface area contributed by atoms with Crippen LogP contribution in [0.2, 0.25) is 0 Å². The second-order valence-electron chi connectivity index (χ2n) is 4.90. The van der Waals surface area contributed by atoms with Gasteiger partial charge in [0.15, 0.2) is 0 Å². The average Bonchev–Trinajstić information content (AvgIpc) is 2.52. The maximum atomic E-state index is 12.2. The first-order valence-corrected chi connectivity index (χ1v) is 5.76. The summed E-state index contributed by atoms with van der Waals surface area (Å²) in [5.41, 5.74) is 0.662. The summed E-state index contributed by atoms with van der Waals surface area (Å²) in [6.45, 7) is 2.80. The van der Waals surface area contributed by atoms with Crippen LogP contribution in [0.4, 0.5) is 14.5 Å². The molecule has 5 heteroatoms. The minimum absolute atomic E-state index is 0.0561. The van der Waals surface area contributed by atoms with Gasteiger partial charge < -0.3 is 10.1 Å². The number of carbonyl (C=O) groups is 1. The first-order chi connectivity index (χ1) is 8.35. The van der Waals surface area contributed by atoms with E-state index in [0.717, 1.165) is 0 Å². The lowest BCUT2D eigenvalue weighted by molar-refractivity contribution is -0.121. The predicted octanol–water partition coefficient (Wildman–Crippen LogP) is 3.15. The molecule has 0 spiro atoms. The summed E-state index contributed by atoms with van der Waals surface area (Å²) >= 11 is 0. The van der Waals surface area contributed by atoms with Crippen LogP contribution in [0.5, 0.6) is 5.75 Å². The van der Waals surface area contributed by atoms with Crippen LogP contribution in [0.1, 0.15) is 26.3 Å². The maximum absolute atomic E-state index is 12.2. The van der Waals surface area contributed by atoms with E-state index in [1.54, 1.807) is 6.07 Å². The molecule has 0 bridgehead atoms. The molecule has 1 aromatic rings. The summed E-state index contributed by atoms with van der Waals surface area (Å²) in [4.78, 5) is 12.0. The number of fused-ring (bicyclic) bond motifs is 1. The highest BCUT2D eigenvalue weighted by Gasteiger charge is 2.45. The van der Waals surface area contributed by atoms with Crippen molar-refractivity contribution in [1.82, 2.24) is 0 Å². The van der Waals surface area contributed by atoms with Gasteiger partial charge in [0.2, 0.25) is 5.91 Å². The van der Waals surface area contributed by atoms with Gasteiger partial charge in [0.25, 0.3) is 0 Å². The minimum atomic E-state index is -2.86. The van der Waals surface area contributed by atoms with Gasteiger partial charge in [0, 0.05) is 5.69 Å². The van der Waals surface area contributed by atoms with Crippen molar-refractivity contribution in [3.63, 3.8) is 0 Å². The molecule has 1 aliphatic rings. The van der Waals surface area contributed by atoms with E-state index >= 15 is 0 Å². The maximum Gasteiger partial charge on any atom is 0.387 e. The van der Waals surface area contributed by atoms with Gasteiger partial charge in [0.1, 0.15) is 5.75 Å². The van der Waals surface area contributed by atoms with Crippen molar-refractivity contribution in [3.05, 3.63) is 23.8 Å². The second-order valence-corrected chi connectivity index (χ2v) is 4.90. The third-order valence-electron chi connectivity index (χ3n) is 3.65. The van der Waals surface area contributed by atoms with E-state index in [0.29, 0.717) is 11.3 Å². The number of benzene rings is 1. The molecule has 98 valence electrons. The number of ether oxygens (including phenoxy) is 1. The number of nitrogens with one attached hydrogen (secondary N) is 1. The lowest BCUT2D eigenvalue weighted by atomic mass is 9.74. The van der Waals surface area contributed by atoms with E-state index in [1.807, 2.05) is 20.8 Å². The molecule has 1 heterocycles. The van der Waals surface area contributed by atoms with Crippen molar-refractivity contribution in [2.24, 2.45) is 5.92 Å². The van der Waals surface area contributed by atoms with Gasteiger partial charge in [0.05, 0.1) is 5.41 Å². The molecule has 1 aliphatic heterocycles. The fourth-order valence-electron chi connectivity index (χ4n) is 2.19. The Morgan fingerprint density at radius 1 is 1.33 bits per heavy atom. The molecule has 0 saturated heterocycles. The molecule has 0 radical (unpaired) electrons. The van der Waals surface area contributed by atoms with E-state index in [-0.39, 0.29) is 17.6 Å². The number of hydrogen-bond acceptors (Lipinski definition) is 2. The van der Waals surface area contributed by atoms with E-state index in [1.165, 1.54) is 12.1 Å². The summed E-state index contributed by atoms with van der Waals surface area (Å²) in [5, 5.41) is 2.77. The third kappa shape index (κ3) is 1.83. The first-order valence-electron chi connectivity index (χ1n) is 5.76. The molecular weight excluding hydrogens is 240 g/mol. The fourth-order valence-corrected chi connectivity index (χ4v) is 2.19. The van der Waals surface area contributed by atoms with Crippen molar-refractivity contribution in [3.8, 4) is 5.75 Å². The molecular formula is C13H15F2NO2. The Hall–Kier alpha value is -1.65. The number of anilines is 1. The van der Waals surface area contributed by atoms with Crippen LogP contribution in [0.3, 0.4) is 0 Å².